The van der Waals surface area contributed by atoms with Gasteiger partial charge in [-0.15, -0.1) is 0 Å². The van der Waals surface area contributed by atoms with Crippen molar-refractivity contribution in [1.29, 1.82) is 5.26 Å². The van der Waals surface area contributed by atoms with Crippen molar-refractivity contribution >= 4 is 38.8 Å². The number of fused-ring (bicyclic) bond motifs is 1. The Labute approximate surface area is 188 Å². The van der Waals surface area contributed by atoms with Crippen LogP contribution in [0.3, 0.4) is 0 Å². The van der Waals surface area contributed by atoms with Crippen molar-refractivity contribution in [2.75, 3.05) is 5.73 Å². The normalized spacial score (nSPS) is 25.5. The smallest absolute Gasteiger partial charge is 0.338 e. The van der Waals surface area contributed by atoms with Gasteiger partial charge in [0.15, 0.2) is 11.8 Å². The van der Waals surface area contributed by atoms with E-state index in [1.165, 1.54) is 6.33 Å². The van der Waals surface area contributed by atoms with E-state index < -0.39 is 17.8 Å². The van der Waals surface area contributed by atoms with Crippen LogP contribution in [-0.2, 0) is 9.47 Å². The van der Waals surface area contributed by atoms with Crippen LogP contribution in [0.1, 0.15) is 49.3 Å². The molecule has 160 valence electrons. The van der Waals surface area contributed by atoms with Crippen molar-refractivity contribution < 1.29 is 14.3 Å². The summed E-state index contributed by atoms with van der Waals surface area (Å²) in [5.41, 5.74) is 6.22. The number of hydrogen-bond donors (Lipinski definition) is 1. The highest BCUT2D eigenvalue weighted by Gasteiger charge is 2.55. The molecular weight excluding hydrogens is 462 g/mol. The Bertz CT molecular complexity index is 1190. The summed E-state index contributed by atoms with van der Waals surface area (Å²) in [5, 5.41) is 10.2. The minimum atomic E-state index is -1.03. The number of nitrogens with zero attached hydrogens (tertiary/aromatic N) is 4. The number of nitrogens with two attached hydrogens (primary N) is 1. The number of halogens is 1. The number of nitriles is 1. The van der Waals surface area contributed by atoms with E-state index in [1.807, 2.05) is 26.8 Å². The molecule has 1 fully saturated rings. The molecule has 1 aliphatic rings. The third-order valence-electron chi connectivity index (χ3n) is 6.08. The molecule has 4 atom stereocenters. The van der Waals surface area contributed by atoms with Crippen LogP contribution in [0.2, 0.25) is 0 Å². The molecule has 9 heteroatoms. The fourth-order valence-corrected chi connectivity index (χ4v) is 4.84. The van der Waals surface area contributed by atoms with Gasteiger partial charge < -0.3 is 15.2 Å². The van der Waals surface area contributed by atoms with Gasteiger partial charge in [-0.3, -0.25) is 4.57 Å². The molecule has 1 unspecified atom stereocenters. The number of hydrogen-bond acceptors (Lipinski definition) is 7. The zero-order chi connectivity index (χ0) is 22.3. The maximum atomic E-state index is 13.0. The molecular formula is C22H22BrN5O3. The predicted molar refractivity (Wildman–Crippen MR) is 118 cm³/mol. The number of rotatable bonds is 4. The third kappa shape index (κ3) is 3.27. The maximum absolute atomic E-state index is 13.0. The van der Waals surface area contributed by atoms with Crippen LogP contribution in [0, 0.1) is 17.2 Å². The van der Waals surface area contributed by atoms with Crippen LogP contribution in [0.15, 0.2) is 41.3 Å². The molecule has 0 bridgehead atoms. The molecule has 0 aliphatic carbocycles. The molecule has 1 aliphatic heterocycles. The summed E-state index contributed by atoms with van der Waals surface area (Å²) in [6, 6.07) is 11.0. The maximum Gasteiger partial charge on any atom is 0.338 e. The first-order valence-corrected chi connectivity index (χ1v) is 10.8. The minimum absolute atomic E-state index is 0.121. The number of esters is 1. The van der Waals surface area contributed by atoms with Gasteiger partial charge in [-0.05, 0) is 41.4 Å². The molecule has 2 N–H and O–H groups in total. The van der Waals surface area contributed by atoms with Crippen molar-refractivity contribution in [3.63, 3.8) is 0 Å². The second kappa shape index (κ2) is 7.94. The van der Waals surface area contributed by atoms with E-state index in [9.17, 15) is 10.1 Å². The van der Waals surface area contributed by atoms with Gasteiger partial charge in [-0.2, -0.15) is 5.26 Å². The molecule has 0 saturated carbocycles. The zero-order valence-corrected chi connectivity index (χ0v) is 19.0. The average Bonchev–Trinajstić information content (AvgIpc) is 3.19. The van der Waals surface area contributed by atoms with E-state index in [4.69, 9.17) is 15.2 Å². The van der Waals surface area contributed by atoms with Crippen LogP contribution < -0.4 is 5.73 Å². The van der Waals surface area contributed by atoms with Gasteiger partial charge in [0.2, 0.25) is 0 Å². The first-order chi connectivity index (χ1) is 14.8. The Hall–Kier alpha value is -2.96. The van der Waals surface area contributed by atoms with Crippen molar-refractivity contribution in [3.05, 3.63) is 52.4 Å². The zero-order valence-electron chi connectivity index (χ0n) is 17.4. The Morgan fingerprint density at radius 2 is 2.10 bits per heavy atom. The van der Waals surface area contributed by atoms with Crippen molar-refractivity contribution in [2.24, 2.45) is 5.92 Å². The second-order valence-electron chi connectivity index (χ2n) is 7.77. The molecule has 1 aromatic carbocycles. The summed E-state index contributed by atoms with van der Waals surface area (Å²) in [5.74, 6) is -0.367. The largest absolute Gasteiger partial charge is 0.451 e. The Morgan fingerprint density at radius 3 is 2.74 bits per heavy atom. The predicted octanol–water partition coefficient (Wildman–Crippen LogP) is 4.21. The monoisotopic (exact) mass is 483 g/mol. The number of aromatic nitrogens is 3. The van der Waals surface area contributed by atoms with E-state index in [0.717, 1.165) is 6.42 Å². The molecule has 0 spiro atoms. The van der Waals surface area contributed by atoms with Gasteiger partial charge in [0.1, 0.15) is 28.5 Å². The highest BCUT2D eigenvalue weighted by molar-refractivity contribution is 9.10. The molecule has 1 saturated heterocycles. The van der Waals surface area contributed by atoms with Gasteiger partial charge >= 0.3 is 5.97 Å². The van der Waals surface area contributed by atoms with Crippen LogP contribution in [0.25, 0.3) is 11.0 Å². The number of ether oxygens (including phenoxy) is 2. The third-order valence-corrected chi connectivity index (χ3v) is 6.86. The first kappa shape index (κ1) is 21.3. The Kier molecular flexibility index (Phi) is 5.45. The molecule has 31 heavy (non-hydrogen) atoms. The fraction of sp³-hybridized carbons (Fsp3) is 0.364. The van der Waals surface area contributed by atoms with E-state index in [1.54, 1.807) is 28.8 Å². The molecule has 8 nitrogen and oxygen atoms in total. The van der Waals surface area contributed by atoms with Gasteiger partial charge in [-0.1, -0.05) is 32.0 Å². The second-order valence-corrected chi connectivity index (χ2v) is 8.52. The first-order valence-electron chi connectivity index (χ1n) is 9.97. The summed E-state index contributed by atoms with van der Waals surface area (Å²) < 4.78 is 14.7. The van der Waals surface area contributed by atoms with Crippen LogP contribution >= 0.6 is 15.9 Å². The molecule has 4 rings (SSSR count). The van der Waals surface area contributed by atoms with Crippen molar-refractivity contribution in [1.82, 2.24) is 14.5 Å². The SMILES string of the molecule is CC[C@H]1OC(n2c(Br)c(C#N)c3c(N)ncnc32)[C@](C)(OC(=O)c2ccccc2)[C@@H]1C. The number of nitrogen functional groups attached to an aromatic ring is 1. The van der Waals surface area contributed by atoms with Gasteiger partial charge in [0.25, 0.3) is 0 Å². The summed E-state index contributed by atoms with van der Waals surface area (Å²) in [7, 11) is 0. The van der Waals surface area contributed by atoms with E-state index in [0.29, 0.717) is 26.8 Å². The fourth-order valence-electron chi connectivity index (χ4n) is 4.20. The number of carbonyl (C=O) groups excluding carboxylic acids is 1. The molecule has 3 aromatic rings. The lowest BCUT2D eigenvalue weighted by molar-refractivity contribution is -0.0954. The van der Waals surface area contributed by atoms with Crippen LogP contribution in [-0.4, -0.2) is 32.2 Å². The van der Waals surface area contributed by atoms with E-state index in [-0.39, 0.29) is 17.8 Å². The lowest BCUT2D eigenvalue weighted by Crippen LogP contribution is -2.43. The van der Waals surface area contributed by atoms with E-state index in [2.05, 4.69) is 32.0 Å². The van der Waals surface area contributed by atoms with Crippen LogP contribution in [0.5, 0.6) is 0 Å². The van der Waals surface area contributed by atoms with Crippen LogP contribution in [0.4, 0.5) is 5.82 Å². The topological polar surface area (TPSA) is 116 Å². The Morgan fingerprint density at radius 1 is 1.39 bits per heavy atom. The number of anilines is 1. The number of carbonyl (C=O) groups is 1. The molecule has 3 heterocycles. The van der Waals surface area contributed by atoms with Gasteiger partial charge in [0.05, 0.1) is 22.6 Å². The summed E-state index contributed by atoms with van der Waals surface area (Å²) in [6.07, 6.45) is 1.18. The average molecular weight is 484 g/mol. The molecule has 2 aromatic heterocycles. The number of benzene rings is 1. The lowest BCUT2D eigenvalue weighted by Gasteiger charge is -2.34. The van der Waals surface area contributed by atoms with Gasteiger partial charge in [0, 0.05) is 5.92 Å². The van der Waals surface area contributed by atoms with Crippen molar-refractivity contribution in [2.45, 2.75) is 45.1 Å². The minimum Gasteiger partial charge on any atom is -0.451 e. The van der Waals surface area contributed by atoms with Gasteiger partial charge in [-0.25, -0.2) is 14.8 Å². The summed E-state index contributed by atoms with van der Waals surface area (Å²) in [6.45, 7) is 5.88. The molecule has 0 radical (unpaired) electrons. The highest BCUT2D eigenvalue weighted by atomic mass is 79.9. The quantitative estimate of drug-likeness (QED) is 0.552. The summed E-state index contributed by atoms with van der Waals surface area (Å²) in [4.78, 5) is 21.4. The van der Waals surface area contributed by atoms with Crippen molar-refractivity contribution in [3.8, 4) is 6.07 Å². The molecule has 0 amide bonds. The van der Waals surface area contributed by atoms with E-state index >= 15 is 0 Å². The summed E-state index contributed by atoms with van der Waals surface area (Å²) >= 11 is 3.52. The highest BCUT2D eigenvalue weighted by Crippen LogP contribution is 2.49. The Balaban J connectivity index is 1.87. The standard InChI is InChI=1S/C22H22BrN5O3/c1-4-15-12(2)22(3,31-20(29)13-8-6-5-7-9-13)21(30-15)28-17(23)14(10-24)16-18(25)26-11-27-19(16)28/h5-9,11-12,15,21H,4H2,1-3H3,(H2,25,26,27)/t12-,15-,21?,22-/m1/s1. The lowest BCUT2D eigenvalue weighted by atomic mass is 9.86.